The zero-order chi connectivity index (χ0) is 13.5. The van der Waals surface area contributed by atoms with Gasteiger partial charge in [-0.3, -0.25) is 0 Å². The SMILES string of the molecule is Cl.NC[C@H]1OB2OCC3=C2C(=C1c1cccs1)C=COC3. The standard InChI is InChI=1S/C14H14BNO3S.ClH/c16-6-11-13(12-2-1-5-20-12)10-3-4-17-7-9-8-18-15(19-11)14(9)10;/h1-5,11H,6-8,16H2;1H/t11-;/m1./s1. The number of halogens is 1. The van der Waals surface area contributed by atoms with E-state index >= 15 is 0 Å². The molecule has 0 saturated heterocycles. The van der Waals surface area contributed by atoms with Gasteiger partial charge in [0, 0.05) is 17.0 Å². The molecule has 0 amide bonds. The Bertz CT molecular complexity index is 626. The molecule has 1 atom stereocenters. The van der Waals surface area contributed by atoms with Gasteiger partial charge in [-0.2, -0.15) is 0 Å². The van der Waals surface area contributed by atoms with Crippen LogP contribution in [0.5, 0.6) is 0 Å². The van der Waals surface area contributed by atoms with Crippen LogP contribution in [0.15, 0.2) is 46.5 Å². The van der Waals surface area contributed by atoms with Crippen LogP contribution in [0.3, 0.4) is 0 Å². The van der Waals surface area contributed by atoms with Crippen molar-refractivity contribution in [2.45, 2.75) is 6.10 Å². The fourth-order valence-corrected chi connectivity index (χ4v) is 3.75. The smallest absolute Gasteiger partial charge is 0.495 e. The van der Waals surface area contributed by atoms with E-state index in [0.717, 1.165) is 16.6 Å². The van der Waals surface area contributed by atoms with Crippen LogP contribution in [0, 0.1) is 0 Å². The summed E-state index contributed by atoms with van der Waals surface area (Å²) in [6.45, 7) is 1.58. The minimum absolute atomic E-state index is 0. The summed E-state index contributed by atoms with van der Waals surface area (Å²) in [6.07, 6.45) is 3.64. The average Bonchev–Trinajstić information content (AvgIpc) is 3.07. The fraction of sp³-hybridized carbons (Fsp3) is 0.286. The minimum atomic E-state index is -0.302. The van der Waals surface area contributed by atoms with Crippen molar-refractivity contribution in [3.8, 4) is 0 Å². The number of allylic oxidation sites excluding steroid dienone is 3. The molecule has 2 N–H and O–H groups in total. The Labute approximate surface area is 133 Å². The lowest BCUT2D eigenvalue weighted by Gasteiger charge is -2.30. The molecule has 0 aliphatic carbocycles. The summed E-state index contributed by atoms with van der Waals surface area (Å²) in [6, 6.07) is 4.15. The third-order valence-electron chi connectivity index (χ3n) is 3.80. The van der Waals surface area contributed by atoms with Gasteiger partial charge >= 0.3 is 7.12 Å². The van der Waals surface area contributed by atoms with E-state index in [9.17, 15) is 0 Å². The molecule has 4 nitrogen and oxygen atoms in total. The van der Waals surface area contributed by atoms with Gasteiger partial charge < -0.3 is 19.8 Å². The highest BCUT2D eigenvalue weighted by Crippen LogP contribution is 2.41. The Morgan fingerprint density at radius 3 is 3.05 bits per heavy atom. The van der Waals surface area contributed by atoms with E-state index in [-0.39, 0.29) is 25.6 Å². The van der Waals surface area contributed by atoms with Crippen molar-refractivity contribution in [3.05, 3.63) is 51.3 Å². The molecule has 0 bridgehead atoms. The first-order chi connectivity index (χ1) is 9.88. The molecular formula is C14H15BClNO3S. The highest BCUT2D eigenvalue weighted by atomic mass is 35.5. The zero-order valence-electron chi connectivity index (χ0n) is 11.3. The normalized spacial score (nSPS) is 23.7. The first-order valence-corrected chi connectivity index (χ1v) is 7.52. The van der Waals surface area contributed by atoms with Crippen LogP contribution in [-0.4, -0.2) is 33.0 Å². The molecule has 1 aromatic rings. The summed E-state index contributed by atoms with van der Waals surface area (Å²) < 4.78 is 17.3. The van der Waals surface area contributed by atoms with Crippen molar-refractivity contribution in [1.82, 2.24) is 0 Å². The molecule has 110 valence electrons. The summed E-state index contributed by atoms with van der Waals surface area (Å²) in [7, 11) is -0.302. The summed E-state index contributed by atoms with van der Waals surface area (Å²) in [5.41, 5.74) is 10.5. The Morgan fingerprint density at radius 2 is 2.29 bits per heavy atom. The van der Waals surface area contributed by atoms with Gasteiger partial charge in [-0.05, 0) is 34.1 Å². The largest absolute Gasteiger partial charge is 0.497 e. The van der Waals surface area contributed by atoms with E-state index in [2.05, 4.69) is 11.4 Å². The van der Waals surface area contributed by atoms with Gasteiger partial charge in [0.1, 0.15) is 6.61 Å². The van der Waals surface area contributed by atoms with Crippen LogP contribution in [-0.2, 0) is 14.0 Å². The van der Waals surface area contributed by atoms with Crippen LogP contribution < -0.4 is 5.73 Å². The van der Waals surface area contributed by atoms with E-state index in [1.54, 1.807) is 17.6 Å². The average molecular weight is 324 g/mol. The number of hydrogen-bond donors (Lipinski definition) is 1. The van der Waals surface area contributed by atoms with E-state index < -0.39 is 0 Å². The highest BCUT2D eigenvalue weighted by molar-refractivity contribution is 7.11. The molecule has 0 saturated carbocycles. The lowest BCUT2D eigenvalue weighted by Crippen LogP contribution is -2.38. The van der Waals surface area contributed by atoms with E-state index in [0.29, 0.717) is 19.8 Å². The predicted molar refractivity (Wildman–Crippen MR) is 86.2 cm³/mol. The molecule has 3 aliphatic rings. The van der Waals surface area contributed by atoms with Crippen molar-refractivity contribution in [2.24, 2.45) is 5.73 Å². The van der Waals surface area contributed by atoms with Crippen molar-refractivity contribution < 1.29 is 14.0 Å². The maximum Gasteiger partial charge on any atom is 0.495 e. The lowest BCUT2D eigenvalue weighted by molar-refractivity contribution is 0.189. The van der Waals surface area contributed by atoms with Crippen LogP contribution in [0.25, 0.3) is 5.57 Å². The van der Waals surface area contributed by atoms with Crippen molar-refractivity contribution in [3.63, 3.8) is 0 Å². The van der Waals surface area contributed by atoms with Gasteiger partial charge in [0.05, 0.1) is 19.0 Å². The Balaban J connectivity index is 0.00000132. The maximum atomic E-state index is 6.04. The second-order valence-corrected chi connectivity index (χ2v) is 5.89. The van der Waals surface area contributed by atoms with Crippen molar-refractivity contribution in [1.29, 1.82) is 0 Å². The topological polar surface area (TPSA) is 53.7 Å². The lowest BCUT2D eigenvalue weighted by atomic mass is 9.68. The molecule has 0 spiro atoms. The number of ether oxygens (including phenoxy) is 1. The van der Waals surface area contributed by atoms with E-state index in [1.165, 1.54) is 10.5 Å². The quantitative estimate of drug-likeness (QED) is 0.848. The second-order valence-electron chi connectivity index (χ2n) is 4.94. The first-order valence-electron chi connectivity index (χ1n) is 6.64. The summed E-state index contributed by atoms with van der Waals surface area (Å²) in [4.78, 5) is 1.19. The van der Waals surface area contributed by atoms with Gasteiger partial charge in [-0.15, -0.1) is 23.7 Å². The second kappa shape index (κ2) is 5.98. The maximum absolute atomic E-state index is 6.04. The summed E-state index contributed by atoms with van der Waals surface area (Å²) in [5, 5.41) is 2.07. The molecule has 21 heavy (non-hydrogen) atoms. The Morgan fingerprint density at radius 1 is 1.38 bits per heavy atom. The molecule has 4 heterocycles. The molecular weight excluding hydrogens is 308 g/mol. The van der Waals surface area contributed by atoms with E-state index in [1.807, 2.05) is 12.1 Å². The molecule has 4 rings (SSSR count). The van der Waals surface area contributed by atoms with Crippen LogP contribution in [0.4, 0.5) is 0 Å². The molecule has 0 aromatic carbocycles. The molecule has 0 fully saturated rings. The van der Waals surface area contributed by atoms with Gasteiger partial charge in [0.25, 0.3) is 0 Å². The molecule has 1 aromatic heterocycles. The molecule has 0 radical (unpaired) electrons. The predicted octanol–water partition coefficient (Wildman–Crippen LogP) is 2.18. The third kappa shape index (κ3) is 2.37. The van der Waals surface area contributed by atoms with Crippen LogP contribution in [0.1, 0.15) is 4.88 Å². The van der Waals surface area contributed by atoms with Gasteiger partial charge in [-0.1, -0.05) is 6.07 Å². The number of nitrogens with two attached hydrogens (primary N) is 1. The van der Waals surface area contributed by atoms with Gasteiger partial charge in [0.15, 0.2) is 0 Å². The van der Waals surface area contributed by atoms with Crippen LogP contribution >= 0.6 is 23.7 Å². The first kappa shape index (κ1) is 14.9. The fourth-order valence-electron chi connectivity index (χ4n) is 2.92. The Hall–Kier alpha value is -1.05. The third-order valence-corrected chi connectivity index (χ3v) is 4.71. The van der Waals surface area contributed by atoms with E-state index in [4.69, 9.17) is 19.8 Å². The van der Waals surface area contributed by atoms with Crippen LogP contribution in [0.2, 0.25) is 0 Å². The molecule has 7 heteroatoms. The summed E-state index contributed by atoms with van der Waals surface area (Å²) in [5.74, 6) is 0. The van der Waals surface area contributed by atoms with Crippen molar-refractivity contribution >= 4 is 36.4 Å². The Kier molecular flexibility index (Phi) is 4.24. The van der Waals surface area contributed by atoms with Crippen molar-refractivity contribution in [2.75, 3.05) is 19.8 Å². The number of rotatable bonds is 2. The number of hydrogen-bond acceptors (Lipinski definition) is 5. The zero-order valence-corrected chi connectivity index (χ0v) is 12.9. The van der Waals surface area contributed by atoms with Gasteiger partial charge in [0.2, 0.25) is 0 Å². The minimum Gasteiger partial charge on any atom is -0.497 e. The number of thiophene rings is 1. The monoisotopic (exact) mass is 323 g/mol. The molecule has 3 aliphatic heterocycles. The van der Waals surface area contributed by atoms with Gasteiger partial charge in [-0.25, -0.2) is 0 Å². The molecule has 0 unspecified atom stereocenters. The highest BCUT2D eigenvalue weighted by Gasteiger charge is 2.43. The summed E-state index contributed by atoms with van der Waals surface area (Å²) >= 11 is 1.70.